The highest BCUT2D eigenvalue weighted by atomic mass is 16.5. The van der Waals surface area contributed by atoms with E-state index in [2.05, 4.69) is 4.90 Å². The van der Waals surface area contributed by atoms with Gasteiger partial charge in [-0.25, -0.2) is 0 Å². The number of hydrogen-bond donors (Lipinski definition) is 1. The normalized spacial score (nSPS) is 32.9. The van der Waals surface area contributed by atoms with Crippen LogP contribution in [0.5, 0.6) is 0 Å². The molecule has 3 unspecified atom stereocenters. The molecule has 0 spiro atoms. The van der Waals surface area contributed by atoms with Crippen LogP contribution >= 0.6 is 0 Å². The van der Waals surface area contributed by atoms with Crippen LogP contribution in [0.2, 0.25) is 0 Å². The summed E-state index contributed by atoms with van der Waals surface area (Å²) in [7, 11) is 1.70. The van der Waals surface area contributed by atoms with Gasteiger partial charge < -0.3 is 9.84 Å². The van der Waals surface area contributed by atoms with Gasteiger partial charge >= 0.3 is 5.97 Å². The molecule has 1 aliphatic carbocycles. The molecule has 92 valence electrons. The number of ether oxygens (including phenoxy) is 1. The van der Waals surface area contributed by atoms with Crippen LogP contribution in [-0.4, -0.2) is 48.3 Å². The molecule has 0 bridgehead atoms. The molecule has 4 heteroatoms. The summed E-state index contributed by atoms with van der Waals surface area (Å²) >= 11 is 0. The highest BCUT2D eigenvalue weighted by Crippen LogP contribution is 2.39. The first-order chi connectivity index (χ1) is 7.65. The molecular weight excluding hydrogens is 206 g/mol. The lowest BCUT2D eigenvalue weighted by atomic mass is 10.0. The van der Waals surface area contributed by atoms with Crippen LogP contribution in [0.4, 0.5) is 0 Å². The van der Waals surface area contributed by atoms with Crippen LogP contribution in [0, 0.1) is 11.8 Å². The van der Waals surface area contributed by atoms with Gasteiger partial charge in [0.05, 0.1) is 6.61 Å². The van der Waals surface area contributed by atoms with Crippen molar-refractivity contribution in [3.63, 3.8) is 0 Å². The third-order valence-electron chi connectivity index (χ3n) is 3.92. The third kappa shape index (κ3) is 2.23. The molecule has 0 amide bonds. The lowest BCUT2D eigenvalue weighted by Gasteiger charge is -2.31. The van der Waals surface area contributed by atoms with E-state index in [1.54, 1.807) is 7.11 Å². The molecule has 1 N–H and O–H groups in total. The lowest BCUT2D eigenvalue weighted by molar-refractivity contribution is -0.144. The predicted octanol–water partition coefficient (Wildman–Crippen LogP) is 1.21. The minimum Gasteiger partial charge on any atom is -0.480 e. The topological polar surface area (TPSA) is 49.8 Å². The molecule has 0 radical (unpaired) electrons. The van der Waals surface area contributed by atoms with Crippen molar-refractivity contribution in [3.8, 4) is 0 Å². The molecule has 1 saturated carbocycles. The standard InChI is InChI=1S/C12H21NO3/c1-8-5-6-13(11(8)12(14)15)10(7-16-2)9-3-4-9/h8-11H,3-7H2,1-2H3,(H,14,15). The maximum absolute atomic E-state index is 11.3. The van der Waals surface area contributed by atoms with E-state index in [4.69, 9.17) is 4.74 Å². The fourth-order valence-electron chi connectivity index (χ4n) is 2.89. The van der Waals surface area contributed by atoms with Crippen molar-refractivity contribution in [2.24, 2.45) is 11.8 Å². The van der Waals surface area contributed by atoms with Crippen LogP contribution in [-0.2, 0) is 9.53 Å². The maximum atomic E-state index is 11.3. The third-order valence-corrected chi connectivity index (χ3v) is 3.92. The van der Waals surface area contributed by atoms with E-state index in [1.165, 1.54) is 12.8 Å². The van der Waals surface area contributed by atoms with Gasteiger partial charge in [0.15, 0.2) is 0 Å². The van der Waals surface area contributed by atoms with Gasteiger partial charge in [0.25, 0.3) is 0 Å². The van der Waals surface area contributed by atoms with Crippen molar-refractivity contribution in [1.29, 1.82) is 0 Å². The Kier molecular flexibility index (Phi) is 3.50. The first kappa shape index (κ1) is 11.9. The molecule has 1 heterocycles. The summed E-state index contributed by atoms with van der Waals surface area (Å²) in [4.78, 5) is 13.5. The zero-order chi connectivity index (χ0) is 11.7. The van der Waals surface area contributed by atoms with Gasteiger partial charge in [-0.1, -0.05) is 6.92 Å². The van der Waals surface area contributed by atoms with Gasteiger partial charge in [-0.05, 0) is 37.6 Å². The summed E-state index contributed by atoms with van der Waals surface area (Å²) in [6.45, 7) is 3.61. The van der Waals surface area contributed by atoms with Crippen LogP contribution in [0.15, 0.2) is 0 Å². The van der Waals surface area contributed by atoms with Gasteiger partial charge in [0.2, 0.25) is 0 Å². The van der Waals surface area contributed by atoms with Crippen molar-refractivity contribution in [2.75, 3.05) is 20.3 Å². The molecule has 16 heavy (non-hydrogen) atoms. The zero-order valence-electron chi connectivity index (χ0n) is 10.1. The van der Waals surface area contributed by atoms with Crippen molar-refractivity contribution < 1.29 is 14.6 Å². The molecule has 0 aromatic rings. The molecule has 2 fully saturated rings. The Morgan fingerprint density at radius 3 is 2.69 bits per heavy atom. The number of carboxylic acids is 1. The highest BCUT2D eigenvalue weighted by molar-refractivity contribution is 5.74. The quantitative estimate of drug-likeness (QED) is 0.767. The number of methoxy groups -OCH3 is 1. The molecule has 2 rings (SSSR count). The first-order valence-electron chi connectivity index (χ1n) is 6.12. The average Bonchev–Trinajstić information content (AvgIpc) is 2.98. The maximum Gasteiger partial charge on any atom is 0.321 e. The van der Waals surface area contributed by atoms with Crippen molar-refractivity contribution in [2.45, 2.75) is 38.3 Å². The van der Waals surface area contributed by atoms with Gasteiger partial charge in [0, 0.05) is 13.2 Å². The van der Waals surface area contributed by atoms with Gasteiger partial charge in [-0.3, -0.25) is 9.69 Å². The van der Waals surface area contributed by atoms with E-state index in [1.807, 2.05) is 6.92 Å². The number of nitrogens with zero attached hydrogens (tertiary/aromatic N) is 1. The molecule has 4 nitrogen and oxygen atoms in total. The van der Waals surface area contributed by atoms with Gasteiger partial charge in [0.1, 0.15) is 6.04 Å². The predicted molar refractivity (Wildman–Crippen MR) is 60.3 cm³/mol. The van der Waals surface area contributed by atoms with Crippen molar-refractivity contribution >= 4 is 5.97 Å². The summed E-state index contributed by atoms with van der Waals surface area (Å²) in [6, 6.07) is 0.0109. The largest absolute Gasteiger partial charge is 0.480 e. The van der Waals surface area contributed by atoms with E-state index < -0.39 is 5.97 Å². The van der Waals surface area contributed by atoms with E-state index >= 15 is 0 Å². The van der Waals surface area contributed by atoms with Gasteiger partial charge in [-0.2, -0.15) is 0 Å². The van der Waals surface area contributed by atoms with Crippen LogP contribution in [0.3, 0.4) is 0 Å². The SMILES string of the molecule is COCC(C1CC1)N1CCC(C)C1C(=O)O. The van der Waals surface area contributed by atoms with Gasteiger partial charge in [-0.15, -0.1) is 0 Å². The van der Waals surface area contributed by atoms with Crippen molar-refractivity contribution in [1.82, 2.24) is 4.90 Å². The Morgan fingerprint density at radius 2 is 2.19 bits per heavy atom. The van der Waals surface area contributed by atoms with E-state index in [0.29, 0.717) is 18.6 Å². The summed E-state index contributed by atoms with van der Waals surface area (Å²) in [6.07, 6.45) is 3.44. The number of likely N-dealkylation sites (tertiary alicyclic amines) is 1. The minimum absolute atomic E-state index is 0.260. The highest BCUT2D eigenvalue weighted by Gasteiger charge is 2.45. The molecular formula is C12H21NO3. The first-order valence-corrected chi connectivity index (χ1v) is 6.12. The average molecular weight is 227 g/mol. The fraction of sp³-hybridized carbons (Fsp3) is 0.917. The molecule has 1 saturated heterocycles. The van der Waals surface area contributed by atoms with Crippen LogP contribution in [0.1, 0.15) is 26.2 Å². The monoisotopic (exact) mass is 227 g/mol. The lowest BCUT2D eigenvalue weighted by Crippen LogP contribution is -2.48. The Morgan fingerprint density at radius 1 is 1.50 bits per heavy atom. The van der Waals surface area contributed by atoms with Crippen LogP contribution < -0.4 is 0 Å². The summed E-state index contributed by atoms with van der Waals surface area (Å²) in [5.74, 6) is 0.245. The number of hydrogen-bond acceptors (Lipinski definition) is 3. The molecule has 0 aromatic carbocycles. The number of aliphatic carboxylic acids is 1. The second kappa shape index (κ2) is 4.72. The number of carbonyl (C=O) groups is 1. The minimum atomic E-state index is -0.674. The van der Waals surface area contributed by atoms with Crippen LogP contribution in [0.25, 0.3) is 0 Å². The Hall–Kier alpha value is -0.610. The molecule has 0 aromatic heterocycles. The van der Waals surface area contributed by atoms with Crippen molar-refractivity contribution in [3.05, 3.63) is 0 Å². The summed E-state index contributed by atoms with van der Waals surface area (Å²) < 4.78 is 5.25. The zero-order valence-corrected chi connectivity index (χ0v) is 10.1. The summed E-state index contributed by atoms with van der Waals surface area (Å²) in [5.41, 5.74) is 0. The molecule has 3 atom stereocenters. The fourth-order valence-corrected chi connectivity index (χ4v) is 2.89. The van der Waals surface area contributed by atoms with E-state index in [-0.39, 0.29) is 12.0 Å². The number of carboxylic acid groups (broad SMARTS) is 1. The molecule has 1 aliphatic heterocycles. The Balaban J connectivity index is 2.07. The molecule has 2 aliphatic rings. The second-order valence-electron chi connectivity index (χ2n) is 5.15. The Labute approximate surface area is 96.6 Å². The van der Waals surface area contributed by atoms with E-state index in [9.17, 15) is 9.90 Å². The van der Waals surface area contributed by atoms with E-state index in [0.717, 1.165) is 13.0 Å². The second-order valence-corrected chi connectivity index (χ2v) is 5.15. The summed E-state index contributed by atoms with van der Waals surface area (Å²) in [5, 5.41) is 9.29. The Bertz CT molecular complexity index is 265. The smallest absolute Gasteiger partial charge is 0.321 e. The number of rotatable bonds is 5.